The molecule has 0 aromatic heterocycles. The van der Waals surface area contributed by atoms with Crippen LogP contribution in [-0.4, -0.2) is 35.0 Å². The predicted octanol–water partition coefficient (Wildman–Crippen LogP) is 2.28. The van der Waals surface area contributed by atoms with Crippen LogP contribution in [0.2, 0.25) is 5.02 Å². The summed E-state index contributed by atoms with van der Waals surface area (Å²) in [7, 11) is 0. The molecule has 1 heterocycles. The van der Waals surface area contributed by atoms with Crippen LogP contribution in [0.1, 0.15) is 25.3 Å². The largest absolute Gasteiger partial charge is 0.396 e. The topological polar surface area (TPSA) is 70.9 Å². The van der Waals surface area contributed by atoms with Gasteiger partial charge in [-0.1, -0.05) is 47.1 Å². The second kappa shape index (κ2) is 6.34. The van der Waals surface area contributed by atoms with Gasteiger partial charge in [-0.05, 0) is 19.4 Å². The average Bonchev–Trinajstić information content (AvgIpc) is 3.15. The van der Waals surface area contributed by atoms with Gasteiger partial charge in [0.05, 0.1) is 5.71 Å². The molecule has 2 N–H and O–H groups in total. The molecule has 1 aromatic carbocycles. The van der Waals surface area contributed by atoms with Crippen molar-refractivity contribution < 1.29 is 14.7 Å². The Morgan fingerprint density at radius 2 is 2.26 bits per heavy atom. The van der Waals surface area contributed by atoms with Gasteiger partial charge in [0.2, 0.25) is 5.60 Å². The van der Waals surface area contributed by atoms with Crippen LogP contribution in [0.25, 0.3) is 0 Å². The molecule has 1 amide bonds. The fraction of sp³-hybridized carbons (Fsp3) is 0.412. The number of aliphatic hydroxyl groups is 1. The first-order chi connectivity index (χ1) is 11.0. The maximum Gasteiger partial charge on any atom is 0.267 e. The lowest BCUT2D eigenvalue weighted by atomic mass is 9.94. The van der Waals surface area contributed by atoms with Crippen molar-refractivity contribution >= 4 is 23.2 Å². The number of aliphatic hydroxyl groups excluding tert-OH is 1. The second-order valence-electron chi connectivity index (χ2n) is 6.16. The molecule has 0 bridgehead atoms. The van der Waals surface area contributed by atoms with Crippen LogP contribution in [0.3, 0.4) is 0 Å². The zero-order valence-corrected chi connectivity index (χ0v) is 13.6. The fourth-order valence-corrected chi connectivity index (χ4v) is 3.08. The molecular formula is C17H19ClN2O3. The third kappa shape index (κ3) is 3.26. The fourth-order valence-electron chi connectivity index (χ4n) is 2.84. The van der Waals surface area contributed by atoms with Crippen LogP contribution in [0, 0.1) is 5.92 Å². The average molecular weight is 335 g/mol. The Morgan fingerprint density at radius 1 is 1.48 bits per heavy atom. The van der Waals surface area contributed by atoms with E-state index < -0.39 is 5.60 Å². The summed E-state index contributed by atoms with van der Waals surface area (Å²) >= 11 is 6.18. The van der Waals surface area contributed by atoms with E-state index in [0.717, 1.165) is 5.56 Å². The van der Waals surface area contributed by atoms with Crippen molar-refractivity contribution in [1.82, 2.24) is 5.32 Å². The number of benzene rings is 1. The molecule has 3 rings (SSSR count). The number of rotatable bonds is 4. The molecule has 0 spiro atoms. The summed E-state index contributed by atoms with van der Waals surface area (Å²) in [4.78, 5) is 18.0. The third-order valence-corrected chi connectivity index (χ3v) is 4.58. The van der Waals surface area contributed by atoms with Crippen molar-refractivity contribution in [3.8, 4) is 0 Å². The molecule has 5 nitrogen and oxygen atoms in total. The lowest BCUT2D eigenvalue weighted by molar-refractivity contribution is -0.142. The standard InChI is InChI=1S/C17H19ClN2O3/c1-17(16(22)19-12-7-6-11(8-12)10-21)9-15(20-23-17)13-4-2-3-5-14(13)18/h2-7,11-12,21H,8-10H2,1H3,(H,19,22)/t11-,12+,17?/m0/s1. The van der Waals surface area contributed by atoms with Crippen LogP contribution in [-0.2, 0) is 9.63 Å². The number of halogens is 1. The Hall–Kier alpha value is -1.85. The van der Waals surface area contributed by atoms with Crippen LogP contribution in [0.4, 0.5) is 0 Å². The molecule has 0 radical (unpaired) electrons. The van der Waals surface area contributed by atoms with Crippen molar-refractivity contribution in [2.45, 2.75) is 31.4 Å². The molecule has 1 aliphatic carbocycles. The molecule has 2 aliphatic rings. The molecule has 1 aromatic rings. The van der Waals surface area contributed by atoms with Crippen molar-refractivity contribution in [3.05, 3.63) is 47.0 Å². The van der Waals surface area contributed by atoms with Crippen LogP contribution >= 0.6 is 11.6 Å². The van der Waals surface area contributed by atoms with E-state index in [1.165, 1.54) is 0 Å². The first-order valence-corrected chi connectivity index (χ1v) is 8.00. The number of hydrogen-bond acceptors (Lipinski definition) is 4. The quantitative estimate of drug-likeness (QED) is 0.830. The van der Waals surface area contributed by atoms with Crippen LogP contribution in [0.15, 0.2) is 41.6 Å². The minimum absolute atomic E-state index is 0.0792. The highest BCUT2D eigenvalue weighted by atomic mass is 35.5. The SMILES string of the molecule is CC1(C(=O)N[C@@H]2C=C[C@H](CO)C2)CC(c2ccccc2Cl)=NO1. The van der Waals surface area contributed by atoms with Crippen molar-refractivity contribution in [2.24, 2.45) is 11.1 Å². The van der Waals surface area contributed by atoms with Gasteiger partial charge in [0.25, 0.3) is 5.91 Å². The van der Waals surface area contributed by atoms with Crippen molar-refractivity contribution in [3.63, 3.8) is 0 Å². The van der Waals surface area contributed by atoms with Gasteiger partial charge in [0, 0.05) is 35.6 Å². The maximum atomic E-state index is 12.5. The van der Waals surface area contributed by atoms with E-state index in [1.54, 1.807) is 13.0 Å². The molecule has 3 atom stereocenters. The number of nitrogens with one attached hydrogen (secondary N) is 1. The lowest BCUT2D eigenvalue weighted by Crippen LogP contribution is -2.48. The van der Waals surface area contributed by atoms with Gasteiger partial charge in [0.1, 0.15) is 0 Å². The zero-order chi connectivity index (χ0) is 16.4. The van der Waals surface area contributed by atoms with E-state index in [1.807, 2.05) is 30.4 Å². The summed E-state index contributed by atoms with van der Waals surface area (Å²) in [5, 5.41) is 16.7. The number of carbonyl (C=O) groups is 1. The first-order valence-electron chi connectivity index (χ1n) is 7.62. The first kappa shape index (κ1) is 16.0. The van der Waals surface area contributed by atoms with Gasteiger partial charge in [-0.25, -0.2) is 0 Å². The van der Waals surface area contributed by atoms with Crippen LogP contribution in [0.5, 0.6) is 0 Å². The molecule has 0 saturated heterocycles. The highest BCUT2D eigenvalue weighted by Gasteiger charge is 2.43. The number of hydrogen-bond donors (Lipinski definition) is 2. The summed E-state index contributed by atoms with van der Waals surface area (Å²) in [5.41, 5.74) is 0.412. The number of oxime groups is 1. The summed E-state index contributed by atoms with van der Waals surface area (Å²) in [6, 6.07) is 7.29. The minimum atomic E-state index is -1.04. The molecule has 23 heavy (non-hydrogen) atoms. The predicted molar refractivity (Wildman–Crippen MR) is 88.4 cm³/mol. The van der Waals surface area contributed by atoms with E-state index in [9.17, 15) is 4.79 Å². The highest BCUT2D eigenvalue weighted by Crippen LogP contribution is 2.30. The smallest absolute Gasteiger partial charge is 0.267 e. The normalized spacial score (nSPS) is 29.3. The zero-order valence-electron chi connectivity index (χ0n) is 12.8. The number of nitrogens with zero attached hydrogens (tertiary/aromatic N) is 1. The molecule has 122 valence electrons. The van der Waals surface area contributed by atoms with E-state index in [2.05, 4.69) is 10.5 Å². The van der Waals surface area contributed by atoms with Gasteiger partial charge in [-0.15, -0.1) is 0 Å². The molecule has 0 saturated carbocycles. The molecule has 0 fully saturated rings. The van der Waals surface area contributed by atoms with E-state index in [-0.39, 0.29) is 24.5 Å². The number of carbonyl (C=O) groups excluding carboxylic acids is 1. The highest BCUT2D eigenvalue weighted by molar-refractivity contribution is 6.34. The van der Waals surface area contributed by atoms with E-state index in [0.29, 0.717) is 23.6 Å². The van der Waals surface area contributed by atoms with Gasteiger partial charge in [-0.3, -0.25) is 4.79 Å². The monoisotopic (exact) mass is 334 g/mol. The Morgan fingerprint density at radius 3 is 2.96 bits per heavy atom. The Kier molecular flexibility index (Phi) is 4.41. The van der Waals surface area contributed by atoms with Gasteiger partial charge >= 0.3 is 0 Å². The second-order valence-corrected chi connectivity index (χ2v) is 6.57. The lowest BCUT2D eigenvalue weighted by Gasteiger charge is -2.23. The Labute approximate surface area is 140 Å². The third-order valence-electron chi connectivity index (χ3n) is 4.25. The summed E-state index contributed by atoms with van der Waals surface area (Å²) in [5.74, 6) is -0.107. The Balaban J connectivity index is 1.65. The molecular weight excluding hydrogens is 316 g/mol. The summed E-state index contributed by atoms with van der Waals surface area (Å²) in [6.07, 6.45) is 4.90. The van der Waals surface area contributed by atoms with Gasteiger partial charge < -0.3 is 15.3 Å². The van der Waals surface area contributed by atoms with Crippen molar-refractivity contribution in [1.29, 1.82) is 0 Å². The summed E-state index contributed by atoms with van der Waals surface area (Å²) in [6.45, 7) is 1.81. The summed E-state index contributed by atoms with van der Waals surface area (Å²) < 4.78 is 0. The van der Waals surface area contributed by atoms with Crippen LogP contribution < -0.4 is 5.32 Å². The molecule has 6 heteroatoms. The van der Waals surface area contributed by atoms with Gasteiger partial charge in [-0.2, -0.15) is 0 Å². The van der Waals surface area contributed by atoms with Crippen molar-refractivity contribution in [2.75, 3.05) is 6.61 Å². The maximum absolute atomic E-state index is 12.5. The Bertz CT molecular complexity index is 674. The molecule has 1 aliphatic heterocycles. The van der Waals surface area contributed by atoms with E-state index in [4.69, 9.17) is 21.5 Å². The minimum Gasteiger partial charge on any atom is -0.396 e. The number of amides is 1. The van der Waals surface area contributed by atoms with Gasteiger partial charge in [0.15, 0.2) is 0 Å². The van der Waals surface area contributed by atoms with E-state index >= 15 is 0 Å². The molecule has 1 unspecified atom stereocenters.